The second-order valence-electron chi connectivity index (χ2n) is 5.42. The smallest absolute Gasteiger partial charge is 0.326 e. The van der Waals surface area contributed by atoms with E-state index in [0.717, 1.165) is 11.3 Å². The molecule has 6 nitrogen and oxygen atoms in total. The molecule has 0 aliphatic carbocycles. The SMILES string of the molecule is CCCC(NC(=O)c1ccc2c(c1)CCN2C(C)=O)C(=O)O. The lowest BCUT2D eigenvalue weighted by molar-refractivity contribution is -0.139. The Kier molecular flexibility index (Phi) is 4.80. The van der Waals surface area contributed by atoms with Crippen LogP contribution in [0.25, 0.3) is 0 Å². The lowest BCUT2D eigenvalue weighted by Gasteiger charge is -2.16. The predicted molar refractivity (Wildman–Crippen MR) is 82.0 cm³/mol. The molecule has 1 aliphatic rings. The van der Waals surface area contributed by atoms with E-state index in [1.54, 1.807) is 23.1 Å². The minimum Gasteiger partial charge on any atom is -0.480 e. The predicted octanol–water partition coefficient (Wildman–Crippen LogP) is 1.58. The van der Waals surface area contributed by atoms with E-state index in [9.17, 15) is 14.4 Å². The number of carboxylic acid groups (broad SMARTS) is 1. The van der Waals surface area contributed by atoms with Crippen molar-refractivity contribution in [1.29, 1.82) is 0 Å². The van der Waals surface area contributed by atoms with Crippen LogP contribution in [0.1, 0.15) is 42.6 Å². The monoisotopic (exact) mass is 304 g/mol. The summed E-state index contributed by atoms with van der Waals surface area (Å²) in [6.07, 6.45) is 1.77. The number of carboxylic acids is 1. The van der Waals surface area contributed by atoms with Crippen LogP contribution in [0.15, 0.2) is 18.2 Å². The van der Waals surface area contributed by atoms with Gasteiger partial charge in [-0.1, -0.05) is 13.3 Å². The minimum absolute atomic E-state index is 0.0233. The summed E-state index contributed by atoms with van der Waals surface area (Å²) >= 11 is 0. The average Bonchev–Trinajstić information content (AvgIpc) is 2.89. The van der Waals surface area contributed by atoms with Gasteiger partial charge in [0.1, 0.15) is 6.04 Å². The van der Waals surface area contributed by atoms with Gasteiger partial charge in [0, 0.05) is 24.7 Å². The molecule has 1 heterocycles. The van der Waals surface area contributed by atoms with Crippen LogP contribution in [0.5, 0.6) is 0 Å². The van der Waals surface area contributed by atoms with Crippen molar-refractivity contribution in [3.05, 3.63) is 29.3 Å². The van der Waals surface area contributed by atoms with E-state index in [-0.39, 0.29) is 5.91 Å². The molecule has 2 rings (SSSR count). The molecule has 1 aliphatic heterocycles. The van der Waals surface area contributed by atoms with E-state index < -0.39 is 17.9 Å². The van der Waals surface area contributed by atoms with Gasteiger partial charge in [0.2, 0.25) is 5.91 Å². The van der Waals surface area contributed by atoms with Crippen LogP contribution in [0, 0.1) is 0 Å². The summed E-state index contributed by atoms with van der Waals surface area (Å²) in [7, 11) is 0. The lowest BCUT2D eigenvalue weighted by Crippen LogP contribution is -2.40. The molecule has 0 fully saturated rings. The third-order valence-corrected chi connectivity index (χ3v) is 3.80. The molecule has 0 spiro atoms. The van der Waals surface area contributed by atoms with Crippen molar-refractivity contribution in [3.63, 3.8) is 0 Å². The van der Waals surface area contributed by atoms with Gasteiger partial charge in [-0.3, -0.25) is 9.59 Å². The number of nitrogens with one attached hydrogen (secondary N) is 1. The van der Waals surface area contributed by atoms with E-state index in [2.05, 4.69) is 5.32 Å². The maximum atomic E-state index is 12.2. The summed E-state index contributed by atoms with van der Waals surface area (Å²) in [5.74, 6) is -1.45. The number of carbonyl (C=O) groups is 3. The molecular formula is C16H20N2O4. The van der Waals surface area contributed by atoms with Gasteiger partial charge < -0.3 is 15.3 Å². The Morgan fingerprint density at radius 1 is 1.36 bits per heavy atom. The van der Waals surface area contributed by atoms with Crippen molar-refractivity contribution in [2.24, 2.45) is 0 Å². The number of anilines is 1. The topological polar surface area (TPSA) is 86.7 Å². The number of benzene rings is 1. The standard InChI is InChI=1S/C16H20N2O4/c1-3-4-13(16(21)22)17-15(20)12-5-6-14-11(9-12)7-8-18(14)10(2)19/h5-6,9,13H,3-4,7-8H2,1-2H3,(H,17,20)(H,21,22). The first-order valence-electron chi connectivity index (χ1n) is 7.38. The minimum atomic E-state index is -1.03. The zero-order valence-electron chi connectivity index (χ0n) is 12.8. The maximum absolute atomic E-state index is 12.2. The molecule has 0 aromatic heterocycles. The molecular weight excluding hydrogens is 284 g/mol. The van der Waals surface area contributed by atoms with Crippen LogP contribution >= 0.6 is 0 Å². The first-order chi connectivity index (χ1) is 10.4. The molecule has 0 radical (unpaired) electrons. The molecule has 0 saturated carbocycles. The third-order valence-electron chi connectivity index (χ3n) is 3.80. The normalized spacial score (nSPS) is 14.4. The van der Waals surface area contributed by atoms with Crippen LogP contribution in [0.3, 0.4) is 0 Å². The summed E-state index contributed by atoms with van der Waals surface area (Å²) in [5, 5.41) is 11.6. The molecule has 0 bridgehead atoms. The molecule has 0 saturated heterocycles. The number of rotatable bonds is 5. The van der Waals surface area contributed by atoms with E-state index >= 15 is 0 Å². The van der Waals surface area contributed by atoms with Gasteiger partial charge in [0.25, 0.3) is 5.91 Å². The molecule has 118 valence electrons. The van der Waals surface area contributed by atoms with Crippen molar-refractivity contribution in [3.8, 4) is 0 Å². The molecule has 22 heavy (non-hydrogen) atoms. The summed E-state index contributed by atoms with van der Waals surface area (Å²) in [4.78, 5) is 36.5. The van der Waals surface area contributed by atoms with E-state index in [4.69, 9.17) is 5.11 Å². The van der Waals surface area contributed by atoms with Crippen LogP contribution in [0.2, 0.25) is 0 Å². The van der Waals surface area contributed by atoms with Gasteiger partial charge in [-0.15, -0.1) is 0 Å². The van der Waals surface area contributed by atoms with Crippen molar-refractivity contribution >= 4 is 23.5 Å². The quantitative estimate of drug-likeness (QED) is 0.864. The van der Waals surface area contributed by atoms with E-state index in [0.29, 0.717) is 31.4 Å². The molecule has 1 aromatic rings. The average molecular weight is 304 g/mol. The molecule has 2 amide bonds. The van der Waals surface area contributed by atoms with Gasteiger partial charge >= 0.3 is 5.97 Å². The largest absolute Gasteiger partial charge is 0.480 e. The zero-order chi connectivity index (χ0) is 16.3. The number of hydrogen-bond acceptors (Lipinski definition) is 3. The van der Waals surface area contributed by atoms with E-state index in [1.807, 2.05) is 6.92 Å². The van der Waals surface area contributed by atoms with Gasteiger partial charge in [0.15, 0.2) is 0 Å². The molecule has 2 N–H and O–H groups in total. The first-order valence-corrected chi connectivity index (χ1v) is 7.38. The Hall–Kier alpha value is -2.37. The fraction of sp³-hybridized carbons (Fsp3) is 0.438. The number of fused-ring (bicyclic) bond motifs is 1. The molecule has 1 unspecified atom stereocenters. The number of carbonyl (C=O) groups excluding carboxylic acids is 2. The Labute approximate surface area is 129 Å². The molecule has 1 aromatic carbocycles. The van der Waals surface area contributed by atoms with Gasteiger partial charge in [-0.05, 0) is 36.6 Å². The number of amides is 2. The third kappa shape index (κ3) is 3.27. The van der Waals surface area contributed by atoms with Gasteiger partial charge in [-0.2, -0.15) is 0 Å². The van der Waals surface area contributed by atoms with Crippen LogP contribution in [0.4, 0.5) is 5.69 Å². The Bertz CT molecular complexity index is 612. The van der Waals surface area contributed by atoms with Crippen molar-refractivity contribution < 1.29 is 19.5 Å². The van der Waals surface area contributed by atoms with Crippen LogP contribution in [-0.2, 0) is 16.0 Å². The highest BCUT2D eigenvalue weighted by Crippen LogP contribution is 2.28. The van der Waals surface area contributed by atoms with Gasteiger partial charge in [0.05, 0.1) is 0 Å². The van der Waals surface area contributed by atoms with Crippen molar-refractivity contribution in [1.82, 2.24) is 5.32 Å². The first kappa shape index (κ1) is 16.0. The maximum Gasteiger partial charge on any atom is 0.326 e. The Morgan fingerprint density at radius 3 is 2.68 bits per heavy atom. The summed E-state index contributed by atoms with van der Waals surface area (Å²) in [6, 6.07) is 4.23. The highest BCUT2D eigenvalue weighted by molar-refractivity contribution is 5.99. The zero-order valence-corrected chi connectivity index (χ0v) is 12.8. The second-order valence-corrected chi connectivity index (χ2v) is 5.42. The number of nitrogens with zero attached hydrogens (tertiary/aromatic N) is 1. The highest BCUT2D eigenvalue weighted by Gasteiger charge is 2.24. The Balaban J connectivity index is 2.15. The van der Waals surface area contributed by atoms with Crippen molar-refractivity contribution in [2.45, 2.75) is 39.2 Å². The molecule has 1 atom stereocenters. The highest BCUT2D eigenvalue weighted by atomic mass is 16.4. The molecule has 6 heteroatoms. The van der Waals surface area contributed by atoms with Gasteiger partial charge in [-0.25, -0.2) is 4.79 Å². The van der Waals surface area contributed by atoms with Crippen LogP contribution in [-0.4, -0.2) is 35.5 Å². The lowest BCUT2D eigenvalue weighted by atomic mass is 10.1. The number of aliphatic carboxylic acids is 1. The summed E-state index contributed by atoms with van der Waals surface area (Å²) < 4.78 is 0. The number of hydrogen-bond donors (Lipinski definition) is 2. The van der Waals surface area contributed by atoms with E-state index in [1.165, 1.54) is 6.92 Å². The second kappa shape index (κ2) is 6.60. The fourth-order valence-corrected chi connectivity index (χ4v) is 2.66. The summed E-state index contributed by atoms with van der Waals surface area (Å²) in [6.45, 7) is 4.00. The fourth-order valence-electron chi connectivity index (χ4n) is 2.66. The van der Waals surface area contributed by atoms with Crippen LogP contribution < -0.4 is 10.2 Å². The summed E-state index contributed by atoms with van der Waals surface area (Å²) in [5.41, 5.74) is 2.18. The van der Waals surface area contributed by atoms with Crippen molar-refractivity contribution in [2.75, 3.05) is 11.4 Å². The Morgan fingerprint density at radius 2 is 2.09 bits per heavy atom.